The molecule has 1 aromatic rings. The molecular weight excluding hydrogens is 668 g/mol. The van der Waals surface area contributed by atoms with Gasteiger partial charge >= 0.3 is 0 Å². The van der Waals surface area contributed by atoms with Crippen LogP contribution in [0.15, 0.2) is 18.2 Å². The van der Waals surface area contributed by atoms with Crippen LogP contribution >= 0.6 is 0 Å². The van der Waals surface area contributed by atoms with Crippen LogP contribution in [0.1, 0.15) is 0 Å². The van der Waals surface area contributed by atoms with Crippen LogP contribution in [0.25, 0.3) is 0 Å². The Bertz CT molecular complexity index is 951. The molecule has 0 atom stereocenters. The molecule has 290 valence electrons. The molecule has 0 fully saturated rings. The van der Waals surface area contributed by atoms with Gasteiger partial charge in [-0.15, -0.1) is 0 Å². The van der Waals surface area contributed by atoms with Crippen LogP contribution in [0.3, 0.4) is 0 Å². The normalized spacial score (nSPS) is 11.3. The molecule has 0 heterocycles. The first-order chi connectivity index (χ1) is 24.6. The van der Waals surface area contributed by atoms with E-state index in [1.807, 2.05) is 7.05 Å². The highest BCUT2D eigenvalue weighted by Gasteiger charge is 2.19. The van der Waals surface area contributed by atoms with Crippen molar-refractivity contribution >= 4 is 17.1 Å². The molecule has 0 aliphatic heterocycles. The fourth-order valence-corrected chi connectivity index (χ4v) is 3.67. The second-order valence-corrected chi connectivity index (χ2v) is 9.98. The molecule has 0 saturated carbocycles. The molecule has 1 aromatic carbocycles. The summed E-state index contributed by atoms with van der Waals surface area (Å²) in [5.74, 6) is 0. The number of anilines is 1. The highest BCUT2D eigenvalue weighted by atomic mass is 16.6. The van der Waals surface area contributed by atoms with Crippen LogP contribution in [0, 0.1) is 20.2 Å². The van der Waals surface area contributed by atoms with Crippen molar-refractivity contribution < 1.29 is 62.0 Å². The van der Waals surface area contributed by atoms with Crippen LogP contribution < -0.4 is 10.6 Å². The largest absolute Gasteiger partial charge is 0.378 e. The van der Waals surface area contributed by atoms with Gasteiger partial charge in [-0.2, -0.15) is 0 Å². The molecule has 0 aliphatic carbocycles. The minimum atomic E-state index is -0.681. The molecule has 0 aliphatic rings. The number of hydrogen-bond donors (Lipinski definition) is 2. The number of hydrogen-bond acceptors (Lipinski definition) is 17. The minimum Gasteiger partial charge on any atom is -0.378 e. The Labute approximate surface area is 293 Å². The van der Waals surface area contributed by atoms with Crippen LogP contribution in [-0.2, 0) is 52.1 Å². The summed E-state index contributed by atoms with van der Waals surface area (Å²) in [6, 6.07) is 3.43. The Hall–Kier alpha value is -2.66. The Balaban J connectivity index is 1.71. The first kappa shape index (κ1) is 45.4. The SMILES string of the molecule is CNCCOCCOCCOCCOCCOCCOCCOCCOCCOCCOCCOCCNc1ccc([N+](=O)[O-])cc1[N+](=O)[O-]. The van der Waals surface area contributed by atoms with E-state index in [9.17, 15) is 20.2 Å². The summed E-state index contributed by atoms with van der Waals surface area (Å²) in [6.45, 7) is 11.5. The zero-order chi connectivity index (χ0) is 36.2. The molecule has 19 nitrogen and oxygen atoms in total. The number of nitro benzene ring substituents is 2. The Morgan fingerprint density at radius 3 is 1.04 bits per heavy atom. The minimum absolute atomic E-state index is 0.186. The summed E-state index contributed by atoms with van der Waals surface area (Å²) in [5.41, 5.74) is -0.526. The van der Waals surface area contributed by atoms with Crippen molar-refractivity contribution in [2.45, 2.75) is 0 Å². The van der Waals surface area contributed by atoms with Gasteiger partial charge in [-0.3, -0.25) is 20.2 Å². The number of benzene rings is 1. The van der Waals surface area contributed by atoms with E-state index in [4.69, 9.17) is 52.1 Å². The highest BCUT2D eigenvalue weighted by molar-refractivity contribution is 5.65. The Morgan fingerprint density at radius 1 is 0.460 bits per heavy atom. The quantitative estimate of drug-likeness (QED) is 0.0557. The molecule has 0 radical (unpaired) electrons. The van der Waals surface area contributed by atoms with Gasteiger partial charge in [0.2, 0.25) is 0 Å². The fraction of sp³-hybridized carbons (Fsp3) is 0.806. The predicted octanol–water partition coefficient (Wildman–Crippen LogP) is 1.32. The van der Waals surface area contributed by atoms with Gasteiger partial charge in [0.05, 0.1) is 161 Å². The van der Waals surface area contributed by atoms with Crippen LogP contribution in [0.2, 0.25) is 0 Å². The van der Waals surface area contributed by atoms with Crippen LogP contribution in [0.4, 0.5) is 17.1 Å². The van der Waals surface area contributed by atoms with Gasteiger partial charge in [0.1, 0.15) is 5.69 Å². The summed E-state index contributed by atoms with van der Waals surface area (Å²) in [5, 5.41) is 27.8. The fourth-order valence-electron chi connectivity index (χ4n) is 3.67. The number of nitro groups is 2. The summed E-state index contributed by atoms with van der Waals surface area (Å²) in [7, 11) is 1.89. The number of nitrogens with zero attached hydrogens (tertiary/aromatic N) is 2. The molecule has 1 rings (SSSR count). The van der Waals surface area contributed by atoms with Gasteiger partial charge in [-0.1, -0.05) is 0 Å². The molecule has 2 N–H and O–H groups in total. The van der Waals surface area contributed by atoms with Crippen LogP contribution in [0.5, 0.6) is 0 Å². The summed E-state index contributed by atoms with van der Waals surface area (Å²) < 4.78 is 59.8. The molecule has 19 heteroatoms. The van der Waals surface area contributed by atoms with Gasteiger partial charge in [-0.05, 0) is 13.1 Å². The lowest BCUT2D eigenvalue weighted by molar-refractivity contribution is -0.393. The smallest absolute Gasteiger partial charge is 0.299 e. The van der Waals surface area contributed by atoms with E-state index in [1.165, 1.54) is 12.1 Å². The molecule has 0 saturated heterocycles. The van der Waals surface area contributed by atoms with Crippen molar-refractivity contribution in [1.82, 2.24) is 5.32 Å². The molecule has 0 bridgehead atoms. The van der Waals surface area contributed by atoms with Gasteiger partial charge in [0.25, 0.3) is 11.4 Å². The Kier molecular flexibility index (Phi) is 31.5. The van der Waals surface area contributed by atoms with E-state index in [0.29, 0.717) is 145 Å². The van der Waals surface area contributed by atoms with Crippen LogP contribution in [-0.4, -0.2) is 175 Å². The number of nitrogens with one attached hydrogen (secondary N) is 2. The lowest BCUT2D eigenvalue weighted by Gasteiger charge is -2.09. The Morgan fingerprint density at radius 2 is 0.760 bits per heavy atom. The molecule has 0 aromatic heterocycles. The van der Waals surface area contributed by atoms with Gasteiger partial charge in [0, 0.05) is 19.2 Å². The number of likely N-dealkylation sites (N-methyl/N-ethyl adjacent to an activating group) is 1. The maximum atomic E-state index is 11.1. The predicted molar refractivity (Wildman–Crippen MR) is 181 cm³/mol. The van der Waals surface area contributed by atoms with E-state index < -0.39 is 9.85 Å². The first-order valence-corrected chi connectivity index (χ1v) is 16.7. The standard InChI is InChI=1S/C31H56N4O15/c1-32-4-6-40-8-10-42-12-14-44-16-18-46-20-22-48-24-26-50-27-25-49-23-21-47-19-17-45-15-13-43-11-9-41-7-5-33-30-3-2-29(34(36)37)28-31(30)35(38)39/h2-3,28,32-33H,4-27H2,1H3. The second kappa shape index (κ2) is 34.8. The third-order valence-electron chi connectivity index (χ3n) is 6.17. The lowest BCUT2D eigenvalue weighted by Crippen LogP contribution is -2.17. The van der Waals surface area contributed by atoms with E-state index in [2.05, 4.69) is 10.6 Å². The zero-order valence-corrected chi connectivity index (χ0v) is 29.2. The van der Waals surface area contributed by atoms with Crippen molar-refractivity contribution in [1.29, 1.82) is 0 Å². The summed E-state index contributed by atoms with van der Waals surface area (Å²) >= 11 is 0. The monoisotopic (exact) mass is 724 g/mol. The summed E-state index contributed by atoms with van der Waals surface area (Å²) in [6.07, 6.45) is 0. The van der Waals surface area contributed by atoms with E-state index in [1.54, 1.807) is 0 Å². The van der Waals surface area contributed by atoms with Crippen molar-refractivity contribution in [2.75, 3.05) is 171 Å². The maximum Gasteiger partial charge on any atom is 0.299 e. The van der Waals surface area contributed by atoms with Crippen molar-refractivity contribution in [2.24, 2.45) is 0 Å². The molecule has 0 amide bonds. The average molecular weight is 725 g/mol. The van der Waals surface area contributed by atoms with E-state index in [0.717, 1.165) is 12.6 Å². The summed E-state index contributed by atoms with van der Waals surface area (Å²) in [4.78, 5) is 20.6. The molecular formula is C31H56N4O15. The number of ether oxygens (including phenoxy) is 11. The molecule has 0 spiro atoms. The topological polar surface area (TPSA) is 212 Å². The van der Waals surface area contributed by atoms with Crippen molar-refractivity contribution in [3.8, 4) is 0 Å². The third-order valence-corrected chi connectivity index (χ3v) is 6.17. The zero-order valence-electron chi connectivity index (χ0n) is 29.2. The van der Waals surface area contributed by atoms with Crippen molar-refractivity contribution in [3.63, 3.8) is 0 Å². The van der Waals surface area contributed by atoms with Crippen molar-refractivity contribution in [3.05, 3.63) is 38.4 Å². The highest BCUT2D eigenvalue weighted by Crippen LogP contribution is 2.28. The van der Waals surface area contributed by atoms with Gasteiger partial charge in [-0.25, -0.2) is 0 Å². The van der Waals surface area contributed by atoms with E-state index >= 15 is 0 Å². The third kappa shape index (κ3) is 28.1. The first-order valence-electron chi connectivity index (χ1n) is 16.7. The number of rotatable bonds is 39. The van der Waals surface area contributed by atoms with Gasteiger partial charge in [0.15, 0.2) is 0 Å². The van der Waals surface area contributed by atoms with Gasteiger partial charge < -0.3 is 62.7 Å². The lowest BCUT2D eigenvalue weighted by atomic mass is 10.2. The average Bonchev–Trinajstić information content (AvgIpc) is 3.11. The molecule has 0 unspecified atom stereocenters. The maximum absolute atomic E-state index is 11.1. The van der Waals surface area contributed by atoms with E-state index in [-0.39, 0.29) is 23.7 Å². The number of non-ortho nitro benzene ring substituents is 1. The molecule has 50 heavy (non-hydrogen) atoms. The second-order valence-electron chi connectivity index (χ2n) is 9.98.